The summed E-state index contributed by atoms with van der Waals surface area (Å²) in [5, 5.41) is 18.7. The molecular formula is C13H14N6. The molecule has 0 saturated carbocycles. The number of nitrogens with one attached hydrogen (secondary N) is 1. The third-order valence-electron chi connectivity index (χ3n) is 3.03. The minimum absolute atomic E-state index is 0.410. The van der Waals surface area contributed by atoms with Crippen molar-refractivity contribution in [2.45, 2.75) is 12.8 Å². The second-order valence-electron chi connectivity index (χ2n) is 4.44. The summed E-state index contributed by atoms with van der Waals surface area (Å²) < 4.78 is 1.41. The van der Waals surface area contributed by atoms with Gasteiger partial charge in [-0.25, -0.2) is 0 Å². The SMILES string of the molecule is CC(CNc1ccc2nnnn2n1)c1ccccc1. The van der Waals surface area contributed by atoms with Crippen LogP contribution in [-0.4, -0.2) is 31.8 Å². The zero-order valence-electron chi connectivity index (χ0n) is 10.6. The Morgan fingerprint density at radius 3 is 2.84 bits per heavy atom. The molecular weight excluding hydrogens is 240 g/mol. The Hall–Kier alpha value is -2.50. The van der Waals surface area contributed by atoms with Crippen molar-refractivity contribution in [3.8, 4) is 0 Å². The fourth-order valence-corrected chi connectivity index (χ4v) is 1.90. The first-order valence-electron chi connectivity index (χ1n) is 6.17. The highest BCUT2D eigenvalue weighted by atomic mass is 15.6. The van der Waals surface area contributed by atoms with Crippen LogP contribution in [0.4, 0.5) is 5.82 Å². The Balaban J connectivity index is 1.68. The van der Waals surface area contributed by atoms with Crippen molar-refractivity contribution >= 4 is 11.5 Å². The van der Waals surface area contributed by atoms with Crippen molar-refractivity contribution in [2.24, 2.45) is 0 Å². The summed E-state index contributed by atoms with van der Waals surface area (Å²) in [5.41, 5.74) is 1.94. The van der Waals surface area contributed by atoms with Crippen molar-refractivity contribution in [1.82, 2.24) is 25.3 Å². The molecule has 6 heteroatoms. The van der Waals surface area contributed by atoms with Gasteiger partial charge in [-0.15, -0.1) is 14.8 Å². The molecule has 1 atom stereocenters. The van der Waals surface area contributed by atoms with Gasteiger partial charge in [-0.3, -0.25) is 0 Å². The summed E-state index contributed by atoms with van der Waals surface area (Å²) in [6.07, 6.45) is 0. The van der Waals surface area contributed by atoms with Crippen LogP contribution in [-0.2, 0) is 0 Å². The van der Waals surface area contributed by atoms with E-state index in [0.717, 1.165) is 12.4 Å². The van der Waals surface area contributed by atoms with Gasteiger partial charge in [0.05, 0.1) is 0 Å². The molecule has 96 valence electrons. The molecule has 0 saturated heterocycles. The molecule has 3 rings (SSSR count). The van der Waals surface area contributed by atoms with E-state index in [1.54, 1.807) is 0 Å². The number of fused-ring (bicyclic) bond motifs is 1. The first-order chi connectivity index (χ1) is 9.33. The van der Waals surface area contributed by atoms with E-state index in [0.29, 0.717) is 11.6 Å². The van der Waals surface area contributed by atoms with Crippen molar-refractivity contribution in [3.63, 3.8) is 0 Å². The average Bonchev–Trinajstić information content (AvgIpc) is 2.93. The Bertz CT molecular complexity index is 663. The highest BCUT2D eigenvalue weighted by Gasteiger charge is 2.06. The number of hydrogen-bond acceptors (Lipinski definition) is 5. The smallest absolute Gasteiger partial charge is 0.200 e. The van der Waals surface area contributed by atoms with Gasteiger partial charge in [0.2, 0.25) is 0 Å². The molecule has 1 N–H and O–H groups in total. The third kappa shape index (κ3) is 2.52. The summed E-state index contributed by atoms with van der Waals surface area (Å²) in [6.45, 7) is 2.99. The molecule has 3 aromatic rings. The Morgan fingerprint density at radius 1 is 1.16 bits per heavy atom. The Kier molecular flexibility index (Phi) is 3.06. The minimum Gasteiger partial charge on any atom is -0.368 e. The van der Waals surface area contributed by atoms with Crippen LogP contribution in [0.2, 0.25) is 0 Å². The lowest BCUT2D eigenvalue weighted by atomic mass is 10.0. The normalized spacial score (nSPS) is 12.5. The van der Waals surface area contributed by atoms with Gasteiger partial charge in [-0.2, -0.15) is 0 Å². The van der Waals surface area contributed by atoms with Crippen LogP contribution in [0.25, 0.3) is 5.65 Å². The highest BCUT2D eigenvalue weighted by molar-refractivity contribution is 5.42. The molecule has 6 nitrogen and oxygen atoms in total. The maximum Gasteiger partial charge on any atom is 0.200 e. The van der Waals surface area contributed by atoms with Gasteiger partial charge in [0.25, 0.3) is 0 Å². The van der Waals surface area contributed by atoms with E-state index in [-0.39, 0.29) is 0 Å². The van der Waals surface area contributed by atoms with Gasteiger partial charge in [0.1, 0.15) is 5.82 Å². The molecule has 1 aromatic carbocycles. The number of anilines is 1. The van der Waals surface area contributed by atoms with E-state index >= 15 is 0 Å². The van der Waals surface area contributed by atoms with Crippen LogP contribution in [0.5, 0.6) is 0 Å². The minimum atomic E-state index is 0.410. The Morgan fingerprint density at radius 2 is 2.00 bits per heavy atom. The second-order valence-corrected chi connectivity index (χ2v) is 4.44. The zero-order valence-corrected chi connectivity index (χ0v) is 10.6. The molecule has 2 aromatic heterocycles. The lowest BCUT2D eigenvalue weighted by Gasteiger charge is -2.13. The predicted molar refractivity (Wildman–Crippen MR) is 71.9 cm³/mol. The zero-order chi connectivity index (χ0) is 13.1. The number of hydrogen-bond donors (Lipinski definition) is 1. The fourth-order valence-electron chi connectivity index (χ4n) is 1.90. The van der Waals surface area contributed by atoms with Gasteiger partial charge >= 0.3 is 0 Å². The number of aromatic nitrogens is 5. The second kappa shape index (κ2) is 5.01. The van der Waals surface area contributed by atoms with Crippen LogP contribution in [0, 0.1) is 0 Å². The van der Waals surface area contributed by atoms with E-state index < -0.39 is 0 Å². The largest absolute Gasteiger partial charge is 0.368 e. The van der Waals surface area contributed by atoms with Crippen molar-refractivity contribution in [3.05, 3.63) is 48.0 Å². The maximum atomic E-state index is 4.27. The number of rotatable bonds is 4. The van der Waals surface area contributed by atoms with E-state index in [1.165, 1.54) is 10.2 Å². The Labute approximate surface area is 110 Å². The van der Waals surface area contributed by atoms with Crippen LogP contribution < -0.4 is 5.32 Å². The van der Waals surface area contributed by atoms with Crippen LogP contribution in [0.15, 0.2) is 42.5 Å². The third-order valence-corrected chi connectivity index (χ3v) is 3.03. The standard InChI is InChI=1S/C13H14N6/c1-10(11-5-3-2-4-6-11)9-14-12-7-8-13-15-17-18-19(13)16-12/h2-8,10H,9H2,1H3,(H,14,16). The highest BCUT2D eigenvalue weighted by Crippen LogP contribution is 2.15. The molecule has 0 radical (unpaired) electrons. The quantitative estimate of drug-likeness (QED) is 0.768. The molecule has 0 aliphatic rings. The van der Waals surface area contributed by atoms with Gasteiger partial charge in [0, 0.05) is 6.54 Å². The van der Waals surface area contributed by atoms with Gasteiger partial charge in [-0.05, 0) is 34.0 Å². The van der Waals surface area contributed by atoms with E-state index in [4.69, 9.17) is 0 Å². The van der Waals surface area contributed by atoms with Crippen LogP contribution in [0.1, 0.15) is 18.4 Å². The first-order valence-corrected chi connectivity index (χ1v) is 6.17. The molecule has 0 aliphatic heterocycles. The predicted octanol–water partition coefficient (Wildman–Crippen LogP) is 1.73. The number of tetrazole rings is 1. The molecule has 0 aliphatic carbocycles. The van der Waals surface area contributed by atoms with E-state index in [9.17, 15) is 0 Å². The number of nitrogens with zero attached hydrogens (tertiary/aromatic N) is 5. The van der Waals surface area contributed by atoms with Crippen LogP contribution >= 0.6 is 0 Å². The summed E-state index contributed by atoms with van der Waals surface area (Å²) in [7, 11) is 0. The lowest BCUT2D eigenvalue weighted by Crippen LogP contribution is -2.12. The van der Waals surface area contributed by atoms with Gasteiger partial charge in [-0.1, -0.05) is 37.3 Å². The van der Waals surface area contributed by atoms with Gasteiger partial charge < -0.3 is 5.32 Å². The summed E-state index contributed by atoms with van der Waals surface area (Å²) in [6, 6.07) is 14.1. The van der Waals surface area contributed by atoms with E-state index in [2.05, 4.69) is 57.1 Å². The molecule has 0 bridgehead atoms. The molecule has 0 amide bonds. The first kappa shape index (κ1) is 11.6. The summed E-state index contributed by atoms with van der Waals surface area (Å²) >= 11 is 0. The average molecular weight is 254 g/mol. The molecule has 0 fully saturated rings. The van der Waals surface area contributed by atoms with Gasteiger partial charge in [0.15, 0.2) is 5.65 Å². The summed E-state index contributed by atoms with van der Waals surface area (Å²) in [5.74, 6) is 1.18. The number of benzene rings is 1. The summed E-state index contributed by atoms with van der Waals surface area (Å²) in [4.78, 5) is 0. The topological polar surface area (TPSA) is 68.0 Å². The van der Waals surface area contributed by atoms with Crippen molar-refractivity contribution < 1.29 is 0 Å². The lowest BCUT2D eigenvalue weighted by molar-refractivity contribution is 0.728. The molecule has 2 heterocycles. The maximum absolute atomic E-state index is 4.27. The fraction of sp³-hybridized carbons (Fsp3) is 0.231. The van der Waals surface area contributed by atoms with Crippen molar-refractivity contribution in [1.29, 1.82) is 0 Å². The monoisotopic (exact) mass is 254 g/mol. The molecule has 19 heavy (non-hydrogen) atoms. The molecule has 1 unspecified atom stereocenters. The van der Waals surface area contributed by atoms with E-state index in [1.807, 2.05) is 18.2 Å². The van der Waals surface area contributed by atoms with Crippen LogP contribution in [0.3, 0.4) is 0 Å². The molecule has 0 spiro atoms. The van der Waals surface area contributed by atoms with Crippen molar-refractivity contribution in [2.75, 3.05) is 11.9 Å².